The van der Waals surface area contributed by atoms with Crippen LogP contribution in [0.4, 0.5) is 11.4 Å². The number of benzene rings is 2. The fourth-order valence-electron chi connectivity index (χ4n) is 1.85. The molecule has 0 unspecified atom stereocenters. The van der Waals surface area contributed by atoms with Crippen LogP contribution in [0.1, 0.15) is 5.56 Å². The molecular formula is C15H13BrN2O. The molecule has 0 atom stereocenters. The van der Waals surface area contributed by atoms with E-state index in [-0.39, 0.29) is 0 Å². The van der Waals surface area contributed by atoms with Crippen molar-refractivity contribution in [2.75, 3.05) is 19.1 Å². The first kappa shape index (κ1) is 13.4. The van der Waals surface area contributed by atoms with Crippen LogP contribution in [0, 0.1) is 11.3 Å². The number of methoxy groups -OCH3 is 1. The van der Waals surface area contributed by atoms with Crippen molar-refractivity contribution in [1.29, 1.82) is 5.26 Å². The topological polar surface area (TPSA) is 36.3 Å². The van der Waals surface area contributed by atoms with Crippen LogP contribution in [0.3, 0.4) is 0 Å². The van der Waals surface area contributed by atoms with Gasteiger partial charge in [0, 0.05) is 17.2 Å². The van der Waals surface area contributed by atoms with E-state index in [1.54, 1.807) is 7.11 Å². The standard InChI is InChI=1S/C15H13BrN2O/c1-18(11-6-8-12(19-2)9-7-11)15-5-3-4-14(16)13(15)10-17/h3-9H,1-2H3. The summed E-state index contributed by atoms with van der Waals surface area (Å²) in [6, 6.07) is 15.6. The zero-order valence-corrected chi connectivity index (χ0v) is 12.3. The maximum atomic E-state index is 9.25. The van der Waals surface area contributed by atoms with Gasteiger partial charge in [-0.25, -0.2) is 0 Å². The number of nitrogens with zero attached hydrogens (tertiary/aromatic N) is 2. The minimum absolute atomic E-state index is 0.626. The van der Waals surface area contributed by atoms with E-state index in [9.17, 15) is 5.26 Å². The van der Waals surface area contributed by atoms with Gasteiger partial charge < -0.3 is 9.64 Å². The summed E-state index contributed by atoms with van der Waals surface area (Å²) in [7, 11) is 3.57. The molecule has 2 aromatic carbocycles. The van der Waals surface area contributed by atoms with Crippen LogP contribution < -0.4 is 9.64 Å². The lowest BCUT2D eigenvalue weighted by molar-refractivity contribution is 0.415. The van der Waals surface area contributed by atoms with Gasteiger partial charge in [0.1, 0.15) is 11.8 Å². The summed E-state index contributed by atoms with van der Waals surface area (Å²) in [5, 5.41) is 9.25. The van der Waals surface area contributed by atoms with Crippen LogP contribution in [-0.2, 0) is 0 Å². The molecule has 19 heavy (non-hydrogen) atoms. The van der Waals surface area contributed by atoms with E-state index >= 15 is 0 Å². The number of hydrogen-bond donors (Lipinski definition) is 0. The third-order valence-electron chi connectivity index (χ3n) is 2.92. The van der Waals surface area contributed by atoms with E-state index in [1.165, 1.54) is 0 Å². The lowest BCUT2D eigenvalue weighted by atomic mass is 10.1. The lowest BCUT2D eigenvalue weighted by Gasteiger charge is -2.21. The largest absolute Gasteiger partial charge is 0.497 e. The fourth-order valence-corrected chi connectivity index (χ4v) is 2.29. The highest BCUT2D eigenvalue weighted by Gasteiger charge is 2.11. The van der Waals surface area contributed by atoms with Crippen molar-refractivity contribution in [3.63, 3.8) is 0 Å². The average molecular weight is 317 g/mol. The van der Waals surface area contributed by atoms with Crippen LogP contribution in [0.15, 0.2) is 46.9 Å². The second kappa shape index (κ2) is 5.77. The Morgan fingerprint density at radius 1 is 1.16 bits per heavy atom. The smallest absolute Gasteiger partial charge is 0.119 e. The van der Waals surface area contributed by atoms with Crippen molar-refractivity contribution < 1.29 is 4.74 Å². The zero-order chi connectivity index (χ0) is 13.8. The molecule has 0 aromatic heterocycles. The van der Waals surface area contributed by atoms with Crippen molar-refractivity contribution in [2.45, 2.75) is 0 Å². The Morgan fingerprint density at radius 3 is 2.42 bits per heavy atom. The molecule has 3 nitrogen and oxygen atoms in total. The van der Waals surface area contributed by atoms with Crippen LogP contribution in [0.5, 0.6) is 5.75 Å². The van der Waals surface area contributed by atoms with Gasteiger partial charge in [0.25, 0.3) is 0 Å². The van der Waals surface area contributed by atoms with Gasteiger partial charge in [-0.3, -0.25) is 0 Å². The van der Waals surface area contributed by atoms with Gasteiger partial charge in [-0.15, -0.1) is 0 Å². The highest BCUT2D eigenvalue weighted by Crippen LogP contribution is 2.31. The quantitative estimate of drug-likeness (QED) is 0.855. The summed E-state index contributed by atoms with van der Waals surface area (Å²) in [6.07, 6.45) is 0. The van der Waals surface area contributed by atoms with E-state index in [0.29, 0.717) is 5.56 Å². The number of nitriles is 1. The summed E-state index contributed by atoms with van der Waals surface area (Å²) in [5.74, 6) is 0.812. The number of ether oxygens (including phenoxy) is 1. The van der Waals surface area contributed by atoms with Crippen molar-refractivity contribution in [3.05, 3.63) is 52.5 Å². The van der Waals surface area contributed by atoms with Crippen LogP contribution in [-0.4, -0.2) is 14.2 Å². The molecule has 0 aliphatic heterocycles. The van der Waals surface area contributed by atoms with Crippen LogP contribution in [0.2, 0.25) is 0 Å². The summed E-state index contributed by atoms with van der Waals surface area (Å²) >= 11 is 3.40. The molecule has 0 bridgehead atoms. The maximum Gasteiger partial charge on any atom is 0.119 e. The highest BCUT2D eigenvalue weighted by atomic mass is 79.9. The van der Waals surface area contributed by atoms with Gasteiger partial charge in [0.05, 0.1) is 18.4 Å². The van der Waals surface area contributed by atoms with Crippen molar-refractivity contribution in [1.82, 2.24) is 0 Å². The van der Waals surface area contributed by atoms with E-state index in [0.717, 1.165) is 21.6 Å². The van der Waals surface area contributed by atoms with Crippen molar-refractivity contribution in [2.24, 2.45) is 0 Å². The molecule has 0 N–H and O–H groups in total. The lowest BCUT2D eigenvalue weighted by Crippen LogP contribution is -2.11. The Labute approximate surface area is 121 Å². The molecule has 0 spiro atoms. The van der Waals surface area contributed by atoms with Gasteiger partial charge in [0.2, 0.25) is 0 Å². The van der Waals surface area contributed by atoms with Gasteiger partial charge in [-0.2, -0.15) is 5.26 Å². The molecule has 2 rings (SSSR count). The minimum atomic E-state index is 0.626. The predicted octanol–water partition coefficient (Wildman–Crippen LogP) is 4.10. The Bertz CT molecular complexity index is 617. The molecule has 96 valence electrons. The van der Waals surface area contributed by atoms with Crippen molar-refractivity contribution in [3.8, 4) is 11.8 Å². The first-order valence-corrected chi connectivity index (χ1v) is 6.53. The third-order valence-corrected chi connectivity index (χ3v) is 3.59. The van der Waals surface area contributed by atoms with Gasteiger partial charge >= 0.3 is 0 Å². The Balaban J connectivity index is 2.41. The number of anilines is 2. The number of halogens is 1. The van der Waals surface area contributed by atoms with E-state index < -0.39 is 0 Å². The predicted molar refractivity (Wildman–Crippen MR) is 79.9 cm³/mol. The van der Waals surface area contributed by atoms with Gasteiger partial charge in [0.15, 0.2) is 0 Å². The van der Waals surface area contributed by atoms with Crippen molar-refractivity contribution >= 4 is 27.3 Å². The third kappa shape index (κ3) is 2.72. The number of rotatable bonds is 3. The monoisotopic (exact) mass is 316 g/mol. The molecule has 0 heterocycles. The first-order valence-electron chi connectivity index (χ1n) is 5.73. The van der Waals surface area contributed by atoms with Gasteiger partial charge in [-0.05, 0) is 52.3 Å². The molecule has 0 fully saturated rings. The van der Waals surface area contributed by atoms with Gasteiger partial charge in [-0.1, -0.05) is 6.07 Å². The Morgan fingerprint density at radius 2 is 1.84 bits per heavy atom. The van der Waals surface area contributed by atoms with E-state index in [2.05, 4.69) is 22.0 Å². The fraction of sp³-hybridized carbons (Fsp3) is 0.133. The second-order valence-electron chi connectivity index (χ2n) is 4.00. The first-order chi connectivity index (χ1) is 9.17. The maximum absolute atomic E-state index is 9.25. The SMILES string of the molecule is COc1ccc(N(C)c2cccc(Br)c2C#N)cc1. The molecular weight excluding hydrogens is 304 g/mol. The second-order valence-corrected chi connectivity index (χ2v) is 4.86. The molecule has 0 aliphatic rings. The Hall–Kier alpha value is -1.99. The molecule has 0 saturated heterocycles. The Kier molecular flexibility index (Phi) is 4.08. The summed E-state index contributed by atoms with van der Waals surface area (Å²) in [4.78, 5) is 1.97. The highest BCUT2D eigenvalue weighted by molar-refractivity contribution is 9.10. The molecule has 2 aromatic rings. The van der Waals surface area contributed by atoms with Crippen LogP contribution in [0.25, 0.3) is 0 Å². The molecule has 4 heteroatoms. The van der Waals surface area contributed by atoms with E-state index in [1.807, 2.05) is 54.4 Å². The zero-order valence-electron chi connectivity index (χ0n) is 10.7. The molecule has 0 radical (unpaired) electrons. The summed E-state index contributed by atoms with van der Waals surface area (Å²) < 4.78 is 5.94. The summed E-state index contributed by atoms with van der Waals surface area (Å²) in [6.45, 7) is 0. The molecule has 0 saturated carbocycles. The molecule has 0 amide bonds. The summed E-state index contributed by atoms with van der Waals surface area (Å²) in [5.41, 5.74) is 2.48. The van der Waals surface area contributed by atoms with Crippen LogP contribution >= 0.6 is 15.9 Å². The normalized spacial score (nSPS) is 9.79. The minimum Gasteiger partial charge on any atom is -0.497 e. The average Bonchev–Trinajstić information content (AvgIpc) is 2.46. The number of hydrogen-bond acceptors (Lipinski definition) is 3. The molecule has 0 aliphatic carbocycles. The van der Waals surface area contributed by atoms with E-state index in [4.69, 9.17) is 4.74 Å².